The second kappa shape index (κ2) is 6.10. The van der Waals surface area contributed by atoms with Gasteiger partial charge in [0.1, 0.15) is 12.4 Å². The molecular weight excluding hydrogens is 246 g/mol. The van der Waals surface area contributed by atoms with Crippen LogP contribution in [0, 0.1) is 27.7 Å². The third-order valence-electron chi connectivity index (χ3n) is 3.93. The molecule has 2 rings (SSSR count). The van der Waals surface area contributed by atoms with Gasteiger partial charge in [-0.15, -0.1) is 0 Å². The van der Waals surface area contributed by atoms with Gasteiger partial charge in [0.15, 0.2) is 0 Å². The van der Waals surface area contributed by atoms with Crippen LogP contribution < -0.4 is 10.5 Å². The van der Waals surface area contributed by atoms with Crippen molar-refractivity contribution in [2.45, 2.75) is 33.7 Å². The molecule has 0 saturated heterocycles. The minimum absolute atomic E-state index is 0.103. The summed E-state index contributed by atoms with van der Waals surface area (Å²) in [5.74, 6) is 0.921. The molecule has 0 saturated carbocycles. The Bertz CT molecular complexity index is 604. The van der Waals surface area contributed by atoms with Gasteiger partial charge >= 0.3 is 0 Å². The molecule has 0 bridgehead atoms. The molecule has 0 aliphatic carbocycles. The molecule has 0 amide bonds. The highest BCUT2D eigenvalue weighted by Crippen LogP contribution is 2.22. The van der Waals surface area contributed by atoms with Crippen molar-refractivity contribution in [1.29, 1.82) is 0 Å². The molecule has 20 heavy (non-hydrogen) atoms. The Kier molecular flexibility index (Phi) is 4.46. The Morgan fingerprint density at radius 3 is 2.40 bits per heavy atom. The van der Waals surface area contributed by atoms with Crippen LogP contribution in [0.15, 0.2) is 36.4 Å². The van der Waals surface area contributed by atoms with E-state index in [1.807, 2.05) is 12.1 Å². The maximum absolute atomic E-state index is 6.22. The summed E-state index contributed by atoms with van der Waals surface area (Å²) in [6.07, 6.45) is 0. The number of nitrogens with two attached hydrogens (primary N) is 1. The van der Waals surface area contributed by atoms with E-state index in [2.05, 4.69) is 52.0 Å². The summed E-state index contributed by atoms with van der Waals surface area (Å²) in [5.41, 5.74) is 12.3. The summed E-state index contributed by atoms with van der Waals surface area (Å²) in [7, 11) is 0. The summed E-state index contributed by atoms with van der Waals surface area (Å²) in [6, 6.07) is 12.3. The topological polar surface area (TPSA) is 35.2 Å². The van der Waals surface area contributed by atoms with Crippen molar-refractivity contribution >= 4 is 0 Å². The Morgan fingerprint density at radius 2 is 1.70 bits per heavy atom. The van der Waals surface area contributed by atoms with E-state index in [0.29, 0.717) is 6.61 Å². The van der Waals surface area contributed by atoms with Gasteiger partial charge in [0.05, 0.1) is 6.04 Å². The summed E-state index contributed by atoms with van der Waals surface area (Å²) in [4.78, 5) is 0. The Morgan fingerprint density at radius 1 is 0.950 bits per heavy atom. The van der Waals surface area contributed by atoms with Crippen LogP contribution in [0.4, 0.5) is 0 Å². The van der Waals surface area contributed by atoms with Gasteiger partial charge in [0.2, 0.25) is 0 Å². The normalized spacial score (nSPS) is 12.2. The third-order valence-corrected chi connectivity index (χ3v) is 3.93. The molecule has 0 aliphatic rings. The first-order valence-corrected chi connectivity index (χ1v) is 7.01. The molecular formula is C18H23NO. The number of rotatable bonds is 4. The van der Waals surface area contributed by atoms with Gasteiger partial charge in [0, 0.05) is 0 Å². The zero-order chi connectivity index (χ0) is 14.7. The second-order valence-corrected chi connectivity index (χ2v) is 5.46. The maximum Gasteiger partial charge on any atom is 0.122 e. The fourth-order valence-corrected chi connectivity index (χ4v) is 2.15. The lowest BCUT2D eigenvalue weighted by Gasteiger charge is -2.16. The lowest BCUT2D eigenvalue weighted by Crippen LogP contribution is -2.19. The van der Waals surface area contributed by atoms with E-state index in [0.717, 1.165) is 11.3 Å². The van der Waals surface area contributed by atoms with Crippen LogP contribution >= 0.6 is 0 Å². The number of hydrogen-bond acceptors (Lipinski definition) is 2. The molecule has 1 unspecified atom stereocenters. The van der Waals surface area contributed by atoms with Crippen molar-refractivity contribution in [1.82, 2.24) is 0 Å². The van der Waals surface area contributed by atoms with Crippen LogP contribution in [-0.4, -0.2) is 6.61 Å². The van der Waals surface area contributed by atoms with E-state index in [4.69, 9.17) is 10.5 Å². The minimum Gasteiger partial charge on any atom is -0.491 e. The second-order valence-electron chi connectivity index (χ2n) is 5.46. The Hall–Kier alpha value is -1.80. The lowest BCUT2D eigenvalue weighted by molar-refractivity contribution is 0.288. The minimum atomic E-state index is -0.103. The van der Waals surface area contributed by atoms with Crippen LogP contribution in [0.25, 0.3) is 0 Å². The molecule has 0 spiro atoms. The van der Waals surface area contributed by atoms with Crippen LogP contribution in [-0.2, 0) is 0 Å². The van der Waals surface area contributed by atoms with Gasteiger partial charge in [-0.3, -0.25) is 0 Å². The summed E-state index contributed by atoms with van der Waals surface area (Å²) in [6.45, 7) is 8.87. The van der Waals surface area contributed by atoms with E-state index in [-0.39, 0.29) is 6.04 Å². The molecule has 0 radical (unpaired) electrons. The predicted octanol–water partition coefficient (Wildman–Crippen LogP) is 4.00. The highest BCUT2D eigenvalue weighted by molar-refractivity contribution is 5.38. The van der Waals surface area contributed by atoms with Gasteiger partial charge in [-0.1, -0.05) is 30.3 Å². The van der Waals surface area contributed by atoms with Gasteiger partial charge in [-0.2, -0.15) is 0 Å². The monoisotopic (exact) mass is 269 g/mol. The molecule has 106 valence electrons. The first kappa shape index (κ1) is 14.6. The van der Waals surface area contributed by atoms with Crippen molar-refractivity contribution < 1.29 is 4.74 Å². The summed E-state index contributed by atoms with van der Waals surface area (Å²) in [5, 5.41) is 0. The van der Waals surface area contributed by atoms with E-state index in [1.165, 1.54) is 22.3 Å². The molecule has 2 nitrogen and oxygen atoms in total. The third kappa shape index (κ3) is 3.20. The first-order valence-electron chi connectivity index (χ1n) is 7.01. The van der Waals surface area contributed by atoms with Gasteiger partial charge in [-0.05, 0) is 61.6 Å². The average Bonchev–Trinajstić information content (AvgIpc) is 2.43. The SMILES string of the molecule is Cc1ccc(C(N)COc2cccc(C)c2C)cc1C. The van der Waals surface area contributed by atoms with Crippen molar-refractivity contribution in [3.05, 3.63) is 64.2 Å². The smallest absolute Gasteiger partial charge is 0.122 e. The number of aryl methyl sites for hydroxylation is 3. The van der Waals surface area contributed by atoms with Crippen LogP contribution in [0.3, 0.4) is 0 Å². The number of ether oxygens (including phenoxy) is 1. The fraction of sp³-hybridized carbons (Fsp3) is 0.333. The predicted molar refractivity (Wildman–Crippen MR) is 84.3 cm³/mol. The Labute approximate surface area is 121 Å². The summed E-state index contributed by atoms with van der Waals surface area (Å²) >= 11 is 0. The molecule has 2 aromatic rings. The zero-order valence-corrected chi connectivity index (χ0v) is 12.7. The molecule has 0 heterocycles. The molecule has 2 aromatic carbocycles. The van der Waals surface area contributed by atoms with E-state index < -0.39 is 0 Å². The van der Waals surface area contributed by atoms with Crippen molar-refractivity contribution in [2.75, 3.05) is 6.61 Å². The Balaban J connectivity index is 2.06. The van der Waals surface area contributed by atoms with Gasteiger partial charge in [-0.25, -0.2) is 0 Å². The van der Waals surface area contributed by atoms with Crippen LogP contribution in [0.5, 0.6) is 5.75 Å². The number of hydrogen-bond donors (Lipinski definition) is 1. The van der Waals surface area contributed by atoms with Gasteiger partial charge < -0.3 is 10.5 Å². The molecule has 0 fully saturated rings. The molecule has 2 N–H and O–H groups in total. The first-order chi connectivity index (χ1) is 9.49. The molecule has 0 aromatic heterocycles. The van der Waals surface area contributed by atoms with E-state index in [9.17, 15) is 0 Å². The van der Waals surface area contributed by atoms with Crippen molar-refractivity contribution in [3.63, 3.8) is 0 Å². The quantitative estimate of drug-likeness (QED) is 0.910. The van der Waals surface area contributed by atoms with Gasteiger partial charge in [0.25, 0.3) is 0 Å². The van der Waals surface area contributed by atoms with E-state index in [1.54, 1.807) is 0 Å². The highest BCUT2D eigenvalue weighted by atomic mass is 16.5. The highest BCUT2D eigenvalue weighted by Gasteiger charge is 2.09. The van der Waals surface area contributed by atoms with Crippen LogP contribution in [0.2, 0.25) is 0 Å². The standard InChI is InChI=1S/C18H23NO/c1-12-8-9-16(10-14(12)3)17(19)11-20-18-7-5-6-13(2)15(18)4/h5-10,17H,11,19H2,1-4H3. The maximum atomic E-state index is 6.22. The lowest BCUT2D eigenvalue weighted by atomic mass is 10.0. The largest absolute Gasteiger partial charge is 0.491 e. The molecule has 0 aliphatic heterocycles. The van der Waals surface area contributed by atoms with Crippen molar-refractivity contribution in [3.8, 4) is 5.75 Å². The average molecular weight is 269 g/mol. The zero-order valence-electron chi connectivity index (χ0n) is 12.7. The fourth-order valence-electron chi connectivity index (χ4n) is 2.15. The van der Waals surface area contributed by atoms with Crippen LogP contribution in [0.1, 0.15) is 33.9 Å². The number of benzene rings is 2. The summed E-state index contributed by atoms with van der Waals surface area (Å²) < 4.78 is 5.88. The van der Waals surface area contributed by atoms with E-state index >= 15 is 0 Å². The molecule has 1 atom stereocenters. The van der Waals surface area contributed by atoms with Crippen molar-refractivity contribution in [2.24, 2.45) is 5.73 Å². The molecule has 2 heteroatoms.